The number of halogens is 4. The smallest absolute Gasteiger partial charge is 0.475 e. The normalized spacial score (nSPS) is 13.1. The molecule has 4 atom stereocenters. The van der Waals surface area contributed by atoms with Crippen molar-refractivity contribution in [2.45, 2.75) is 89.9 Å². The molecular weight excluding hydrogens is 751 g/mol. The number of amides is 4. The Bertz CT molecular complexity index is 1550. The van der Waals surface area contributed by atoms with E-state index >= 15 is 0 Å². The van der Waals surface area contributed by atoms with Crippen molar-refractivity contribution in [1.29, 1.82) is 0 Å². The summed E-state index contributed by atoms with van der Waals surface area (Å²) in [6.45, 7) is 6.05. The molecule has 19 heteroatoms. The zero-order valence-corrected chi connectivity index (χ0v) is 31.9. The Hall–Kier alpha value is -5.10. The van der Waals surface area contributed by atoms with Gasteiger partial charge in [-0.05, 0) is 61.8 Å². The summed E-state index contributed by atoms with van der Waals surface area (Å²) in [6, 6.07) is 13.6. The first-order chi connectivity index (χ1) is 25.7. The van der Waals surface area contributed by atoms with E-state index in [4.69, 9.17) is 37.7 Å². The topological polar surface area (TPSA) is 239 Å². The number of alkyl carbamates (subject to hydrolysis) is 1. The number of nitrogens with one attached hydrogen (secondary N) is 3. The summed E-state index contributed by atoms with van der Waals surface area (Å²) in [7, 11) is 1.66. The van der Waals surface area contributed by atoms with Crippen molar-refractivity contribution in [1.82, 2.24) is 20.9 Å². The number of carboxylic acids is 1. The Morgan fingerprint density at radius 1 is 0.927 bits per heavy atom. The number of ether oxygens (including phenoxy) is 1. The van der Waals surface area contributed by atoms with E-state index in [0.29, 0.717) is 30.8 Å². The van der Waals surface area contributed by atoms with Crippen molar-refractivity contribution < 1.29 is 52.1 Å². The van der Waals surface area contributed by atoms with Crippen molar-refractivity contribution in [2.75, 3.05) is 20.1 Å². The molecule has 0 saturated heterocycles. The maximum Gasteiger partial charge on any atom is 0.490 e. The van der Waals surface area contributed by atoms with Crippen molar-refractivity contribution in [3.8, 4) is 0 Å². The fourth-order valence-corrected chi connectivity index (χ4v) is 4.86. The molecule has 4 amide bonds. The van der Waals surface area contributed by atoms with Gasteiger partial charge in [0.25, 0.3) is 0 Å². The number of guanidine groups is 1. The molecule has 0 fully saturated rings. The van der Waals surface area contributed by atoms with Gasteiger partial charge in [0.05, 0.1) is 18.6 Å². The molecule has 0 unspecified atom stereocenters. The number of aliphatic imine (C=N–C) groups is 1. The van der Waals surface area contributed by atoms with Crippen LogP contribution in [0.3, 0.4) is 0 Å². The standard InChI is InChI=1S/C34H50ClN7O6.C2HF3O2/c1-22(2)19-28(29(43)20-30(44)42(4)18-16-24-12-14-26(35)15-13-24)40-31(45)23(3)39-32(46)27(11-8-17-38-33(36)37)41-34(47)48-21-25-9-6-5-7-10-25;3-2(4,5)1(6)7/h5-7,9-10,12-15,22-23,27-29,43H,8,11,16-21H2,1-4H3,(H,39,46)(H,40,45)(H,41,47)(H4,36,37,38);(H,6,7)/t23-,27-,28-,29-;/m0./s1. The maximum atomic E-state index is 13.2. The fourth-order valence-electron chi connectivity index (χ4n) is 4.74. The minimum Gasteiger partial charge on any atom is -0.475 e. The molecule has 0 aromatic heterocycles. The summed E-state index contributed by atoms with van der Waals surface area (Å²) in [5.74, 6) is -4.20. The molecule has 0 aliphatic rings. The molecule has 0 saturated carbocycles. The molecule has 55 heavy (non-hydrogen) atoms. The number of hydrogen-bond acceptors (Lipinski definition) is 8. The van der Waals surface area contributed by atoms with E-state index in [1.165, 1.54) is 6.92 Å². The second-order valence-corrected chi connectivity index (χ2v) is 13.4. The number of hydrogen-bond donors (Lipinski definition) is 7. The van der Waals surface area contributed by atoms with Crippen LogP contribution in [0.2, 0.25) is 5.02 Å². The molecular formula is C36H51ClF3N7O8. The number of aliphatic hydroxyl groups is 1. The molecule has 2 rings (SSSR count). The van der Waals surface area contributed by atoms with Crippen LogP contribution in [0, 0.1) is 5.92 Å². The Kier molecular flexibility index (Phi) is 21.2. The Morgan fingerprint density at radius 3 is 2.07 bits per heavy atom. The largest absolute Gasteiger partial charge is 0.490 e. The first kappa shape index (κ1) is 47.9. The maximum absolute atomic E-state index is 13.2. The van der Waals surface area contributed by atoms with Gasteiger partial charge in [0, 0.05) is 25.2 Å². The molecule has 0 bridgehead atoms. The van der Waals surface area contributed by atoms with Gasteiger partial charge < -0.3 is 47.3 Å². The molecule has 0 radical (unpaired) electrons. The third kappa shape index (κ3) is 20.8. The van der Waals surface area contributed by atoms with Crippen LogP contribution in [0.1, 0.15) is 57.6 Å². The number of carboxylic acid groups (broad SMARTS) is 1. The molecule has 0 heterocycles. The van der Waals surface area contributed by atoms with Gasteiger partial charge in [-0.1, -0.05) is 67.9 Å². The minimum atomic E-state index is -5.08. The summed E-state index contributed by atoms with van der Waals surface area (Å²) < 4.78 is 37.0. The summed E-state index contributed by atoms with van der Waals surface area (Å²) in [6.07, 6.45) is -5.69. The predicted octanol–water partition coefficient (Wildman–Crippen LogP) is 3.11. The molecule has 0 aliphatic heterocycles. The van der Waals surface area contributed by atoms with Crippen LogP contribution in [0.4, 0.5) is 18.0 Å². The number of rotatable bonds is 19. The first-order valence-electron chi connectivity index (χ1n) is 17.3. The predicted molar refractivity (Wildman–Crippen MR) is 200 cm³/mol. The molecule has 15 nitrogen and oxygen atoms in total. The van der Waals surface area contributed by atoms with Gasteiger partial charge in [-0.25, -0.2) is 9.59 Å². The number of aliphatic carboxylic acids is 1. The van der Waals surface area contributed by atoms with Crippen LogP contribution < -0.4 is 27.4 Å². The highest BCUT2D eigenvalue weighted by molar-refractivity contribution is 6.30. The average molecular weight is 802 g/mol. The van der Waals surface area contributed by atoms with Crippen molar-refractivity contribution in [2.24, 2.45) is 22.4 Å². The monoisotopic (exact) mass is 801 g/mol. The molecule has 0 aliphatic carbocycles. The number of alkyl halides is 3. The van der Waals surface area contributed by atoms with Crippen LogP contribution in [0.15, 0.2) is 59.6 Å². The fraction of sp³-hybridized carbons (Fsp3) is 0.500. The van der Waals surface area contributed by atoms with E-state index in [2.05, 4.69) is 20.9 Å². The van der Waals surface area contributed by atoms with Gasteiger partial charge in [-0.2, -0.15) is 13.2 Å². The SMILES string of the molecule is CC(C)C[C@H](NC(=O)[C@H](C)NC(=O)[C@H](CCCN=C(N)N)NC(=O)OCc1ccccc1)[C@@H](O)CC(=O)N(C)CCc1ccc(Cl)cc1.O=C(O)C(F)(F)F. The van der Waals surface area contributed by atoms with Gasteiger partial charge in [-0.3, -0.25) is 19.4 Å². The van der Waals surface area contributed by atoms with Crippen LogP contribution in [-0.2, 0) is 36.9 Å². The van der Waals surface area contributed by atoms with Gasteiger partial charge >= 0.3 is 18.2 Å². The molecule has 306 valence electrons. The van der Waals surface area contributed by atoms with E-state index in [1.807, 2.05) is 44.2 Å². The van der Waals surface area contributed by atoms with Crippen molar-refractivity contribution >= 4 is 47.3 Å². The lowest BCUT2D eigenvalue weighted by Gasteiger charge is -2.28. The van der Waals surface area contributed by atoms with E-state index in [0.717, 1.165) is 11.1 Å². The number of carbonyl (C=O) groups is 5. The zero-order chi connectivity index (χ0) is 41.7. The quantitative estimate of drug-likeness (QED) is 0.0623. The lowest BCUT2D eigenvalue weighted by atomic mass is 9.96. The Balaban J connectivity index is 0.00000196. The van der Waals surface area contributed by atoms with Crippen molar-refractivity contribution in [3.05, 3.63) is 70.7 Å². The van der Waals surface area contributed by atoms with E-state index in [-0.39, 0.29) is 43.8 Å². The second kappa shape index (κ2) is 24.3. The molecule has 2 aromatic rings. The number of nitrogens with two attached hydrogens (primary N) is 2. The van der Waals surface area contributed by atoms with Gasteiger partial charge in [0.2, 0.25) is 17.7 Å². The van der Waals surface area contributed by atoms with Crippen LogP contribution >= 0.6 is 11.6 Å². The summed E-state index contributed by atoms with van der Waals surface area (Å²) in [4.78, 5) is 66.3. The Morgan fingerprint density at radius 2 is 1.53 bits per heavy atom. The molecule has 9 N–H and O–H groups in total. The highest BCUT2D eigenvalue weighted by atomic mass is 35.5. The number of carbonyl (C=O) groups excluding carboxylic acids is 4. The molecule has 0 spiro atoms. The second-order valence-electron chi connectivity index (χ2n) is 12.9. The van der Waals surface area contributed by atoms with Gasteiger partial charge in [-0.15, -0.1) is 0 Å². The van der Waals surface area contributed by atoms with Crippen LogP contribution in [0.25, 0.3) is 0 Å². The summed E-state index contributed by atoms with van der Waals surface area (Å²) in [5.41, 5.74) is 12.6. The van der Waals surface area contributed by atoms with Gasteiger partial charge in [0.1, 0.15) is 18.7 Å². The van der Waals surface area contributed by atoms with Gasteiger partial charge in [0.15, 0.2) is 5.96 Å². The average Bonchev–Trinajstić information content (AvgIpc) is 3.11. The number of nitrogens with zero attached hydrogens (tertiary/aromatic N) is 2. The van der Waals surface area contributed by atoms with E-state index in [9.17, 15) is 37.5 Å². The highest BCUT2D eigenvalue weighted by Crippen LogP contribution is 2.15. The number of benzene rings is 2. The zero-order valence-electron chi connectivity index (χ0n) is 31.1. The van der Waals surface area contributed by atoms with E-state index in [1.54, 1.807) is 36.2 Å². The van der Waals surface area contributed by atoms with Crippen molar-refractivity contribution in [3.63, 3.8) is 0 Å². The van der Waals surface area contributed by atoms with E-state index < -0.39 is 54.3 Å². The number of likely N-dealkylation sites (N-methyl/N-ethyl adjacent to an activating group) is 1. The summed E-state index contributed by atoms with van der Waals surface area (Å²) >= 11 is 5.95. The third-order valence-electron chi connectivity index (χ3n) is 7.74. The van der Waals surface area contributed by atoms with Crippen LogP contribution in [-0.4, -0.2) is 101 Å². The highest BCUT2D eigenvalue weighted by Gasteiger charge is 2.38. The lowest BCUT2D eigenvalue weighted by molar-refractivity contribution is -0.192. The summed E-state index contributed by atoms with van der Waals surface area (Å²) in [5, 5.41) is 26.8. The first-order valence-corrected chi connectivity index (χ1v) is 17.7. The lowest BCUT2D eigenvalue weighted by Crippen LogP contribution is -2.55. The Labute approximate surface area is 323 Å². The number of aliphatic hydroxyl groups excluding tert-OH is 1. The molecule has 2 aromatic carbocycles. The van der Waals surface area contributed by atoms with Crippen LogP contribution in [0.5, 0.6) is 0 Å². The minimum absolute atomic E-state index is 0.00797. The third-order valence-corrected chi connectivity index (χ3v) is 7.99.